The Bertz CT molecular complexity index is 1240. The summed E-state index contributed by atoms with van der Waals surface area (Å²) in [5.41, 5.74) is 5.01. The van der Waals surface area contributed by atoms with E-state index in [1.54, 1.807) is 12.1 Å². The standard InChI is InChI=1S/C28H30N2O3/c1-5-18(3)21-12-15-26-25(17-21)30-28(33-26)20-10-13-23(14-11-20)29-27(31)22-8-7-9-24(16-22)32-19(4)6-2/h7-19H,5-6H2,1-4H3,(H,29,31)/t18-,19-/m0/s1. The first kappa shape index (κ1) is 22.6. The fourth-order valence-electron chi connectivity index (χ4n) is 3.54. The van der Waals surface area contributed by atoms with Gasteiger partial charge in [0, 0.05) is 16.8 Å². The second-order valence-corrected chi connectivity index (χ2v) is 8.45. The molecule has 1 N–H and O–H groups in total. The van der Waals surface area contributed by atoms with Crippen molar-refractivity contribution in [1.82, 2.24) is 4.98 Å². The van der Waals surface area contributed by atoms with Gasteiger partial charge in [-0.3, -0.25) is 4.79 Å². The maximum absolute atomic E-state index is 12.7. The molecule has 1 aromatic heterocycles. The van der Waals surface area contributed by atoms with Gasteiger partial charge in [0.25, 0.3) is 5.91 Å². The molecule has 0 unspecified atom stereocenters. The summed E-state index contributed by atoms with van der Waals surface area (Å²) in [4.78, 5) is 17.4. The molecule has 0 radical (unpaired) electrons. The first-order valence-corrected chi connectivity index (χ1v) is 11.6. The summed E-state index contributed by atoms with van der Waals surface area (Å²) in [5, 5.41) is 2.94. The van der Waals surface area contributed by atoms with Crippen LogP contribution >= 0.6 is 0 Å². The summed E-state index contributed by atoms with van der Waals surface area (Å²) in [5.74, 6) is 1.57. The zero-order valence-corrected chi connectivity index (χ0v) is 19.6. The lowest BCUT2D eigenvalue weighted by atomic mass is 9.98. The number of hydrogen-bond donors (Lipinski definition) is 1. The number of nitrogens with zero attached hydrogens (tertiary/aromatic N) is 1. The van der Waals surface area contributed by atoms with E-state index in [0.717, 1.165) is 29.5 Å². The molecular formula is C28H30N2O3. The Labute approximate surface area is 194 Å². The molecule has 3 aromatic carbocycles. The number of nitrogens with one attached hydrogen (secondary N) is 1. The number of ether oxygens (including phenoxy) is 1. The minimum Gasteiger partial charge on any atom is -0.491 e. The van der Waals surface area contributed by atoms with E-state index in [-0.39, 0.29) is 12.0 Å². The zero-order valence-electron chi connectivity index (χ0n) is 19.6. The highest BCUT2D eigenvalue weighted by Crippen LogP contribution is 2.28. The molecule has 0 saturated heterocycles. The monoisotopic (exact) mass is 442 g/mol. The van der Waals surface area contributed by atoms with E-state index in [1.807, 2.05) is 49.4 Å². The summed E-state index contributed by atoms with van der Waals surface area (Å²) >= 11 is 0. The number of carbonyl (C=O) groups excluding carboxylic acids is 1. The Hall–Kier alpha value is -3.60. The quantitative estimate of drug-likeness (QED) is 0.308. The van der Waals surface area contributed by atoms with E-state index in [2.05, 4.69) is 43.2 Å². The fourth-order valence-corrected chi connectivity index (χ4v) is 3.54. The molecule has 4 rings (SSSR count). The molecule has 0 spiro atoms. The number of carbonyl (C=O) groups is 1. The van der Waals surface area contributed by atoms with Crippen LogP contribution in [0.25, 0.3) is 22.6 Å². The van der Waals surface area contributed by atoms with Crippen LogP contribution in [0.3, 0.4) is 0 Å². The van der Waals surface area contributed by atoms with Crippen molar-refractivity contribution in [1.29, 1.82) is 0 Å². The zero-order chi connectivity index (χ0) is 23.4. The summed E-state index contributed by atoms with van der Waals surface area (Å²) < 4.78 is 11.8. The maximum atomic E-state index is 12.7. The van der Waals surface area contributed by atoms with Gasteiger partial charge in [-0.05, 0) is 85.8 Å². The van der Waals surface area contributed by atoms with Gasteiger partial charge in [-0.2, -0.15) is 0 Å². The summed E-state index contributed by atoms with van der Waals surface area (Å²) in [6.45, 7) is 8.47. The first-order chi connectivity index (χ1) is 16.0. The Morgan fingerprint density at radius 2 is 1.79 bits per heavy atom. The van der Waals surface area contributed by atoms with Gasteiger partial charge in [-0.1, -0.05) is 32.9 Å². The molecule has 0 saturated carbocycles. The largest absolute Gasteiger partial charge is 0.491 e. The van der Waals surface area contributed by atoms with E-state index in [1.165, 1.54) is 5.56 Å². The second kappa shape index (κ2) is 9.90. The van der Waals surface area contributed by atoms with Crippen LogP contribution in [0.15, 0.2) is 71.1 Å². The maximum Gasteiger partial charge on any atom is 0.255 e. The number of oxazole rings is 1. The molecule has 5 heteroatoms. The van der Waals surface area contributed by atoms with Crippen LogP contribution in [-0.4, -0.2) is 17.0 Å². The van der Waals surface area contributed by atoms with Gasteiger partial charge in [0.05, 0.1) is 6.10 Å². The van der Waals surface area contributed by atoms with Crippen LogP contribution < -0.4 is 10.1 Å². The Morgan fingerprint density at radius 3 is 2.52 bits per heavy atom. The highest BCUT2D eigenvalue weighted by Gasteiger charge is 2.12. The predicted molar refractivity (Wildman–Crippen MR) is 133 cm³/mol. The molecule has 0 aliphatic rings. The third kappa shape index (κ3) is 5.25. The Kier molecular flexibility index (Phi) is 6.78. The third-order valence-corrected chi connectivity index (χ3v) is 5.99. The van der Waals surface area contributed by atoms with E-state index < -0.39 is 0 Å². The van der Waals surface area contributed by atoms with Gasteiger partial charge in [-0.15, -0.1) is 0 Å². The number of aromatic nitrogens is 1. The minimum absolute atomic E-state index is 0.101. The van der Waals surface area contributed by atoms with Gasteiger partial charge < -0.3 is 14.5 Å². The molecule has 0 aliphatic heterocycles. The van der Waals surface area contributed by atoms with Crippen molar-refractivity contribution < 1.29 is 13.9 Å². The fraction of sp³-hybridized carbons (Fsp3) is 0.286. The third-order valence-electron chi connectivity index (χ3n) is 5.99. The van der Waals surface area contributed by atoms with E-state index >= 15 is 0 Å². The number of rotatable bonds is 8. The minimum atomic E-state index is -0.184. The number of fused-ring (bicyclic) bond motifs is 1. The van der Waals surface area contributed by atoms with Crippen molar-refractivity contribution in [2.45, 2.75) is 52.6 Å². The van der Waals surface area contributed by atoms with Crippen LogP contribution in [0, 0.1) is 0 Å². The number of anilines is 1. The van der Waals surface area contributed by atoms with Crippen LogP contribution in [0.2, 0.25) is 0 Å². The normalized spacial score (nSPS) is 13.0. The lowest BCUT2D eigenvalue weighted by molar-refractivity contribution is 0.102. The molecule has 0 aliphatic carbocycles. The highest BCUT2D eigenvalue weighted by atomic mass is 16.5. The molecular weight excluding hydrogens is 412 g/mol. The van der Waals surface area contributed by atoms with E-state index in [4.69, 9.17) is 9.15 Å². The number of hydrogen-bond acceptors (Lipinski definition) is 4. The molecule has 1 heterocycles. The summed E-state index contributed by atoms with van der Waals surface area (Å²) in [6.07, 6.45) is 2.09. The van der Waals surface area contributed by atoms with Crippen LogP contribution in [0.4, 0.5) is 5.69 Å². The molecule has 170 valence electrons. The average molecular weight is 443 g/mol. The summed E-state index contributed by atoms with van der Waals surface area (Å²) in [6, 6.07) is 20.9. The Balaban J connectivity index is 1.47. The lowest BCUT2D eigenvalue weighted by Crippen LogP contribution is -2.13. The topological polar surface area (TPSA) is 64.4 Å². The molecule has 2 atom stereocenters. The lowest BCUT2D eigenvalue weighted by Gasteiger charge is -2.13. The van der Waals surface area contributed by atoms with E-state index in [9.17, 15) is 4.79 Å². The smallest absolute Gasteiger partial charge is 0.255 e. The second-order valence-electron chi connectivity index (χ2n) is 8.45. The molecule has 33 heavy (non-hydrogen) atoms. The molecule has 0 fully saturated rings. The van der Waals surface area contributed by atoms with Gasteiger partial charge in [0.15, 0.2) is 5.58 Å². The first-order valence-electron chi connectivity index (χ1n) is 11.6. The number of amides is 1. The van der Waals surface area contributed by atoms with Crippen LogP contribution in [0.5, 0.6) is 5.75 Å². The molecule has 5 nitrogen and oxygen atoms in total. The van der Waals surface area contributed by atoms with Gasteiger partial charge in [0.2, 0.25) is 5.89 Å². The van der Waals surface area contributed by atoms with Gasteiger partial charge in [0.1, 0.15) is 11.3 Å². The highest BCUT2D eigenvalue weighted by molar-refractivity contribution is 6.04. The van der Waals surface area contributed by atoms with Crippen molar-refractivity contribution >= 4 is 22.7 Å². The van der Waals surface area contributed by atoms with E-state index in [0.29, 0.717) is 28.8 Å². The van der Waals surface area contributed by atoms with Crippen molar-refractivity contribution in [3.8, 4) is 17.2 Å². The summed E-state index contributed by atoms with van der Waals surface area (Å²) in [7, 11) is 0. The van der Waals surface area contributed by atoms with Gasteiger partial charge in [-0.25, -0.2) is 4.98 Å². The molecule has 1 amide bonds. The molecule has 4 aromatic rings. The van der Waals surface area contributed by atoms with Gasteiger partial charge >= 0.3 is 0 Å². The average Bonchev–Trinajstić information content (AvgIpc) is 3.27. The van der Waals surface area contributed by atoms with Crippen LogP contribution in [-0.2, 0) is 0 Å². The van der Waals surface area contributed by atoms with Crippen molar-refractivity contribution in [2.24, 2.45) is 0 Å². The number of benzene rings is 3. The molecule has 0 bridgehead atoms. The van der Waals surface area contributed by atoms with Crippen LogP contribution in [0.1, 0.15) is 62.4 Å². The predicted octanol–water partition coefficient (Wildman–Crippen LogP) is 7.44. The SMILES string of the molecule is CC[C@H](C)Oc1cccc(C(=O)Nc2ccc(-c3nc4cc([C@@H](C)CC)ccc4o3)cc2)c1. The van der Waals surface area contributed by atoms with Crippen molar-refractivity contribution in [3.63, 3.8) is 0 Å². The van der Waals surface area contributed by atoms with Crippen molar-refractivity contribution in [2.75, 3.05) is 5.32 Å². The Morgan fingerprint density at radius 1 is 1.00 bits per heavy atom. The van der Waals surface area contributed by atoms with Crippen molar-refractivity contribution in [3.05, 3.63) is 77.9 Å².